The van der Waals surface area contributed by atoms with Crippen molar-refractivity contribution in [1.82, 2.24) is 0 Å². The van der Waals surface area contributed by atoms with Gasteiger partial charge in [0.05, 0.1) is 5.39 Å². The van der Waals surface area contributed by atoms with E-state index in [1.165, 1.54) is 6.07 Å². The number of rotatable bonds is 3. The summed E-state index contributed by atoms with van der Waals surface area (Å²) in [6.07, 6.45) is 0. The summed E-state index contributed by atoms with van der Waals surface area (Å²) in [7, 11) is 0. The Morgan fingerprint density at radius 3 is 2.81 bits per heavy atom. The van der Waals surface area contributed by atoms with Crippen LogP contribution >= 0.6 is 0 Å². The maximum Gasteiger partial charge on any atom is 0.204 e. The molecule has 1 heterocycles. The van der Waals surface area contributed by atoms with E-state index in [1.807, 2.05) is 6.92 Å². The number of hydrogen-bond acceptors (Lipinski definition) is 4. The summed E-state index contributed by atoms with van der Waals surface area (Å²) < 4.78 is 11.2. The highest BCUT2D eigenvalue weighted by Gasteiger charge is 2.13. The summed E-state index contributed by atoms with van der Waals surface area (Å²) in [4.78, 5) is 12.4. The van der Waals surface area contributed by atoms with E-state index >= 15 is 0 Å². The zero-order valence-corrected chi connectivity index (χ0v) is 11.6. The zero-order chi connectivity index (χ0) is 15.0. The molecule has 0 saturated heterocycles. The minimum Gasteiger partial charge on any atom is -0.507 e. The Morgan fingerprint density at radius 1 is 1.29 bits per heavy atom. The number of aromatic hydroxyl groups is 1. The third-order valence-electron chi connectivity index (χ3n) is 3.12. The number of ether oxygens (including phenoxy) is 1. The number of phenols is 1. The lowest BCUT2D eigenvalue weighted by Crippen LogP contribution is -2.03. The van der Waals surface area contributed by atoms with Crippen LogP contribution in [0.5, 0.6) is 11.5 Å². The number of benzene rings is 2. The number of para-hydroxylation sites is 1. The maximum absolute atomic E-state index is 12.4. The van der Waals surface area contributed by atoms with Gasteiger partial charge < -0.3 is 14.3 Å². The molecule has 0 spiro atoms. The van der Waals surface area contributed by atoms with Crippen molar-refractivity contribution in [3.63, 3.8) is 0 Å². The molecule has 0 aliphatic heterocycles. The predicted molar refractivity (Wildman–Crippen MR) is 82.0 cm³/mol. The van der Waals surface area contributed by atoms with Gasteiger partial charge in [-0.1, -0.05) is 18.7 Å². The highest BCUT2D eigenvalue weighted by atomic mass is 16.5. The minimum absolute atomic E-state index is 0.149. The lowest BCUT2D eigenvalue weighted by Gasteiger charge is -2.08. The molecule has 21 heavy (non-hydrogen) atoms. The monoisotopic (exact) mass is 282 g/mol. The molecule has 0 amide bonds. The highest BCUT2D eigenvalue weighted by molar-refractivity contribution is 5.93. The van der Waals surface area contributed by atoms with Crippen LogP contribution in [0.15, 0.2) is 57.8 Å². The molecule has 2 aromatic carbocycles. The molecule has 0 aliphatic rings. The van der Waals surface area contributed by atoms with Crippen LogP contribution in [0.1, 0.15) is 6.92 Å². The van der Waals surface area contributed by atoms with Gasteiger partial charge in [0, 0.05) is 12.1 Å². The van der Waals surface area contributed by atoms with Gasteiger partial charge in [0.15, 0.2) is 0 Å². The Bertz CT molecular complexity index is 906. The van der Waals surface area contributed by atoms with E-state index in [9.17, 15) is 9.90 Å². The van der Waals surface area contributed by atoms with Crippen molar-refractivity contribution in [2.24, 2.45) is 0 Å². The first kappa shape index (κ1) is 13.2. The molecular weight excluding hydrogens is 268 g/mol. The molecule has 0 bridgehead atoms. The summed E-state index contributed by atoms with van der Waals surface area (Å²) >= 11 is 0. The molecule has 3 rings (SSSR count). The van der Waals surface area contributed by atoms with Gasteiger partial charge in [0.2, 0.25) is 5.43 Å². The van der Waals surface area contributed by atoms with Crippen molar-refractivity contribution >= 4 is 21.9 Å². The first-order valence-corrected chi connectivity index (χ1v) is 6.52. The third-order valence-corrected chi connectivity index (χ3v) is 3.12. The van der Waals surface area contributed by atoms with Gasteiger partial charge in [-0.25, -0.2) is 0 Å². The van der Waals surface area contributed by atoms with Crippen molar-refractivity contribution in [2.75, 3.05) is 6.61 Å². The summed E-state index contributed by atoms with van der Waals surface area (Å²) in [6.45, 7) is 5.93. The highest BCUT2D eigenvalue weighted by Crippen LogP contribution is 2.30. The van der Waals surface area contributed by atoms with Crippen LogP contribution in [-0.2, 0) is 0 Å². The average Bonchev–Trinajstić information content (AvgIpc) is 2.45. The Kier molecular flexibility index (Phi) is 3.14. The van der Waals surface area contributed by atoms with E-state index in [0.717, 1.165) is 5.57 Å². The van der Waals surface area contributed by atoms with Gasteiger partial charge in [-0.3, -0.25) is 4.79 Å². The summed E-state index contributed by atoms with van der Waals surface area (Å²) in [6, 6.07) is 9.95. The first-order valence-electron chi connectivity index (χ1n) is 6.52. The van der Waals surface area contributed by atoms with E-state index in [2.05, 4.69) is 6.58 Å². The van der Waals surface area contributed by atoms with Crippen LogP contribution in [0.4, 0.5) is 0 Å². The standard InChI is InChI=1S/C17H14O4/c1-10(2)9-20-11-7-13(18)16-15(8-11)21-14-6-4-3-5-12(14)17(16)19/h3-8,18H,1,9H2,2H3. The molecule has 3 aromatic rings. The van der Waals surface area contributed by atoms with Gasteiger partial charge in [0.1, 0.15) is 34.7 Å². The fourth-order valence-corrected chi connectivity index (χ4v) is 2.17. The zero-order valence-electron chi connectivity index (χ0n) is 11.6. The van der Waals surface area contributed by atoms with E-state index in [0.29, 0.717) is 28.9 Å². The van der Waals surface area contributed by atoms with E-state index in [1.54, 1.807) is 30.3 Å². The summed E-state index contributed by atoms with van der Waals surface area (Å²) in [5.41, 5.74) is 1.38. The summed E-state index contributed by atoms with van der Waals surface area (Å²) in [5, 5.41) is 10.7. The van der Waals surface area contributed by atoms with E-state index in [4.69, 9.17) is 9.15 Å². The predicted octanol–water partition coefficient (Wildman–Crippen LogP) is 3.61. The lowest BCUT2D eigenvalue weighted by atomic mass is 10.1. The summed E-state index contributed by atoms with van der Waals surface area (Å²) in [5.74, 6) is 0.283. The average molecular weight is 282 g/mol. The molecule has 1 aromatic heterocycles. The fraction of sp³-hybridized carbons (Fsp3) is 0.118. The smallest absolute Gasteiger partial charge is 0.204 e. The lowest BCUT2D eigenvalue weighted by molar-refractivity contribution is 0.350. The van der Waals surface area contributed by atoms with Crippen LogP contribution in [0.2, 0.25) is 0 Å². The second-order valence-corrected chi connectivity index (χ2v) is 4.99. The van der Waals surface area contributed by atoms with Crippen molar-refractivity contribution in [2.45, 2.75) is 6.92 Å². The molecule has 4 nitrogen and oxygen atoms in total. The number of fused-ring (bicyclic) bond motifs is 2. The van der Waals surface area contributed by atoms with Crippen LogP contribution in [0.3, 0.4) is 0 Å². The largest absolute Gasteiger partial charge is 0.507 e. The Morgan fingerprint density at radius 2 is 2.05 bits per heavy atom. The molecular formula is C17H14O4. The third kappa shape index (κ3) is 2.36. The van der Waals surface area contributed by atoms with Crippen molar-refractivity contribution < 1.29 is 14.3 Å². The molecule has 0 saturated carbocycles. The maximum atomic E-state index is 12.4. The molecule has 0 aliphatic carbocycles. The molecule has 0 fully saturated rings. The minimum atomic E-state index is -0.254. The van der Waals surface area contributed by atoms with Crippen LogP contribution in [-0.4, -0.2) is 11.7 Å². The Labute approximate surface area is 120 Å². The van der Waals surface area contributed by atoms with E-state index < -0.39 is 0 Å². The van der Waals surface area contributed by atoms with Gasteiger partial charge in [-0.05, 0) is 24.6 Å². The second kappa shape index (κ2) is 4.98. The number of hydrogen-bond donors (Lipinski definition) is 1. The fourth-order valence-electron chi connectivity index (χ4n) is 2.17. The molecule has 0 unspecified atom stereocenters. The second-order valence-electron chi connectivity index (χ2n) is 4.99. The first-order chi connectivity index (χ1) is 10.1. The van der Waals surface area contributed by atoms with Crippen LogP contribution in [0.25, 0.3) is 21.9 Å². The molecule has 4 heteroatoms. The van der Waals surface area contributed by atoms with Crippen LogP contribution in [0, 0.1) is 0 Å². The topological polar surface area (TPSA) is 59.7 Å². The van der Waals surface area contributed by atoms with Crippen molar-refractivity contribution in [3.05, 3.63) is 58.8 Å². The molecule has 0 radical (unpaired) electrons. The van der Waals surface area contributed by atoms with Gasteiger partial charge in [-0.2, -0.15) is 0 Å². The van der Waals surface area contributed by atoms with Gasteiger partial charge in [0.25, 0.3) is 0 Å². The molecule has 1 N–H and O–H groups in total. The Hall–Kier alpha value is -2.75. The van der Waals surface area contributed by atoms with Crippen molar-refractivity contribution in [1.29, 1.82) is 0 Å². The normalized spacial score (nSPS) is 10.9. The molecule has 106 valence electrons. The Balaban J connectivity index is 2.25. The SMILES string of the molecule is C=C(C)COc1cc(O)c2c(=O)c3ccccc3oc2c1. The number of phenolic OH excluding ortho intramolecular Hbond substituents is 1. The van der Waals surface area contributed by atoms with Gasteiger partial charge in [-0.15, -0.1) is 0 Å². The van der Waals surface area contributed by atoms with Crippen LogP contribution < -0.4 is 10.2 Å². The quantitative estimate of drug-likeness (QED) is 0.589. The van der Waals surface area contributed by atoms with Gasteiger partial charge >= 0.3 is 0 Å². The van der Waals surface area contributed by atoms with E-state index in [-0.39, 0.29) is 16.6 Å². The molecule has 0 atom stereocenters. The van der Waals surface area contributed by atoms with Crippen molar-refractivity contribution in [3.8, 4) is 11.5 Å².